The van der Waals surface area contributed by atoms with Gasteiger partial charge in [0.1, 0.15) is 0 Å². The smallest absolute Gasteiger partial charge is 0.0698 e. The van der Waals surface area contributed by atoms with Crippen LogP contribution in [-0.2, 0) is 0 Å². The predicted octanol–water partition coefficient (Wildman–Crippen LogP) is 2.89. The highest BCUT2D eigenvalue weighted by Gasteiger charge is 2.07. The summed E-state index contributed by atoms with van der Waals surface area (Å²) in [6.07, 6.45) is 8.99. The normalized spacial score (nSPS) is 16.1. The molecule has 15 heavy (non-hydrogen) atoms. The van der Waals surface area contributed by atoms with Gasteiger partial charge in [-0.3, -0.25) is 9.69 Å². The van der Waals surface area contributed by atoms with Crippen molar-refractivity contribution in [2.24, 2.45) is 0 Å². The number of fused-ring (bicyclic) bond motifs is 1. The lowest BCUT2D eigenvalue weighted by Crippen LogP contribution is -2.30. The second kappa shape index (κ2) is 3.46. The first-order valence-electron chi connectivity index (χ1n) is 5.45. The third-order valence-corrected chi connectivity index (χ3v) is 2.89. The van der Waals surface area contributed by atoms with Gasteiger partial charge < -0.3 is 0 Å². The second-order valence-electron chi connectivity index (χ2n) is 3.91. The van der Waals surface area contributed by atoms with Crippen LogP contribution in [0.25, 0.3) is 10.9 Å². The van der Waals surface area contributed by atoms with Crippen molar-refractivity contribution in [3.63, 3.8) is 0 Å². The highest BCUT2D eigenvalue weighted by atomic mass is 15.5. The molecule has 0 radical (unpaired) electrons. The van der Waals surface area contributed by atoms with Crippen molar-refractivity contribution in [1.29, 1.82) is 0 Å². The van der Waals surface area contributed by atoms with Crippen molar-refractivity contribution < 1.29 is 0 Å². The van der Waals surface area contributed by atoms with E-state index in [1.54, 1.807) is 0 Å². The van der Waals surface area contributed by atoms with Gasteiger partial charge in [0, 0.05) is 24.3 Å². The standard InChI is InChI=1S/C13H14N2/c1-4-9-14(10-5-1)15-11-8-12-6-2-3-7-13(12)15/h2-4,6-9,11H,1,5,10H2. The van der Waals surface area contributed by atoms with E-state index in [2.05, 4.69) is 58.5 Å². The quantitative estimate of drug-likeness (QED) is 0.684. The lowest BCUT2D eigenvalue weighted by atomic mass is 10.2. The lowest BCUT2D eigenvalue weighted by molar-refractivity contribution is 0.646. The van der Waals surface area contributed by atoms with E-state index in [-0.39, 0.29) is 0 Å². The molecule has 1 aromatic carbocycles. The molecular weight excluding hydrogens is 184 g/mol. The fourth-order valence-electron chi connectivity index (χ4n) is 2.11. The van der Waals surface area contributed by atoms with Crippen molar-refractivity contribution in [2.45, 2.75) is 12.8 Å². The number of allylic oxidation sites excluding steroid dienone is 1. The van der Waals surface area contributed by atoms with Crippen molar-refractivity contribution in [3.8, 4) is 0 Å². The van der Waals surface area contributed by atoms with Crippen molar-refractivity contribution >= 4 is 10.9 Å². The summed E-state index contributed by atoms with van der Waals surface area (Å²) >= 11 is 0. The van der Waals surface area contributed by atoms with Crippen LogP contribution in [0, 0.1) is 0 Å². The highest BCUT2D eigenvalue weighted by Crippen LogP contribution is 2.17. The summed E-state index contributed by atoms with van der Waals surface area (Å²) in [5, 5.41) is 3.57. The Morgan fingerprint density at radius 2 is 2.00 bits per heavy atom. The Kier molecular flexibility index (Phi) is 1.98. The van der Waals surface area contributed by atoms with E-state index >= 15 is 0 Å². The molecular formula is C13H14N2. The first-order chi connectivity index (χ1) is 7.45. The van der Waals surface area contributed by atoms with Gasteiger partial charge in [0.05, 0.1) is 5.52 Å². The molecule has 0 N–H and O–H groups in total. The van der Waals surface area contributed by atoms with E-state index in [9.17, 15) is 0 Å². The number of para-hydroxylation sites is 1. The van der Waals surface area contributed by atoms with Crippen LogP contribution in [-0.4, -0.2) is 11.2 Å². The molecule has 2 heterocycles. The molecule has 3 rings (SSSR count). The van der Waals surface area contributed by atoms with Gasteiger partial charge >= 0.3 is 0 Å². The number of nitrogens with zero attached hydrogens (tertiary/aromatic N) is 2. The molecule has 1 aliphatic rings. The summed E-state index contributed by atoms with van der Waals surface area (Å²) in [5.74, 6) is 0. The van der Waals surface area contributed by atoms with Gasteiger partial charge in [0.15, 0.2) is 0 Å². The summed E-state index contributed by atoms with van der Waals surface area (Å²) in [5.41, 5.74) is 1.28. The Morgan fingerprint density at radius 1 is 1.07 bits per heavy atom. The first-order valence-corrected chi connectivity index (χ1v) is 5.45. The maximum atomic E-state index is 2.27. The molecule has 0 unspecified atom stereocenters. The third-order valence-electron chi connectivity index (χ3n) is 2.89. The van der Waals surface area contributed by atoms with E-state index in [0.29, 0.717) is 0 Å². The number of benzene rings is 1. The molecule has 0 spiro atoms. The molecule has 0 fully saturated rings. The lowest BCUT2D eigenvalue weighted by Gasteiger charge is -2.25. The number of hydrogen-bond acceptors (Lipinski definition) is 1. The number of rotatable bonds is 1. The zero-order chi connectivity index (χ0) is 10.1. The molecule has 1 aromatic heterocycles. The van der Waals surface area contributed by atoms with Crippen LogP contribution in [0.15, 0.2) is 48.8 Å². The first kappa shape index (κ1) is 8.60. The van der Waals surface area contributed by atoms with Crippen molar-refractivity contribution in [1.82, 2.24) is 4.68 Å². The molecule has 0 amide bonds. The fraction of sp³-hybridized carbons (Fsp3) is 0.231. The molecule has 0 saturated heterocycles. The Morgan fingerprint density at radius 3 is 2.87 bits per heavy atom. The average Bonchev–Trinajstić information content (AvgIpc) is 2.74. The predicted molar refractivity (Wildman–Crippen MR) is 63.4 cm³/mol. The van der Waals surface area contributed by atoms with E-state index in [1.807, 2.05) is 0 Å². The van der Waals surface area contributed by atoms with Crippen LogP contribution in [0.1, 0.15) is 12.8 Å². The maximum Gasteiger partial charge on any atom is 0.0698 e. The SMILES string of the molecule is C1=CN(n2ccc3ccccc32)CCC1. The van der Waals surface area contributed by atoms with Gasteiger partial charge in [0.2, 0.25) is 0 Å². The fourth-order valence-corrected chi connectivity index (χ4v) is 2.11. The van der Waals surface area contributed by atoms with E-state index in [0.717, 1.165) is 6.54 Å². The maximum absolute atomic E-state index is 2.27. The second-order valence-corrected chi connectivity index (χ2v) is 3.91. The Bertz CT molecular complexity index is 496. The Balaban J connectivity index is 2.10. The Hall–Kier alpha value is -1.70. The number of hydrogen-bond donors (Lipinski definition) is 0. The summed E-state index contributed by atoms with van der Waals surface area (Å²) < 4.78 is 2.23. The number of aromatic nitrogens is 1. The molecule has 76 valence electrons. The van der Waals surface area contributed by atoms with Gasteiger partial charge in [0.25, 0.3) is 0 Å². The van der Waals surface area contributed by atoms with Gasteiger partial charge in [-0.25, -0.2) is 0 Å². The molecule has 0 atom stereocenters. The zero-order valence-corrected chi connectivity index (χ0v) is 8.63. The minimum Gasteiger partial charge on any atom is -0.289 e. The largest absolute Gasteiger partial charge is 0.289 e. The molecule has 0 saturated carbocycles. The van der Waals surface area contributed by atoms with Crippen LogP contribution in [0.2, 0.25) is 0 Å². The summed E-state index contributed by atoms with van der Waals surface area (Å²) in [6.45, 7) is 1.11. The molecule has 0 bridgehead atoms. The van der Waals surface area contributed by atoms with Crippen LogP contribution in [0.4, 0.5) is 0 Å². The van der Waals surface area contributed by atoms with Crippen molar-refractivity contribution in [2.75, 3.05) is 11.6 Å². The summed E-state index contributed by atoms with van der Waals surface area (Å²) in [6, 6.07) is 10.7. The van der Waals surface area contributed by atoms with E-state index in [4.69, 9.17) is 0 Å². The van der Waals surface area contributed by atoms with Crippen LogP contribution in [0.3, 0.4) is 0 Å². The van der Waals surface area contributed by atoms with Crippen LogP contribution < -0.4 is 5.01 Å². The van der Waals surface area contributed by atoms with E-state index < -0.39 is 0 Å². The van der Waals surface area contributed by atoms with Gasteiger partial charge in [-0.05, 0) is 25.0 Å². The summed E-state index contributed by atoms with van der Waals surface area (Å²) in [7, 11) is 0. The average molecular weight is 198 g/mol. The van der Waals surface area contributed by atoms with E-state index in [1.165, 1.54) is 23.7 Å². The minimum absolute atomic E-state index is 1.11. The molecule has 2 heteroatoms. The minimum atomic E-state index is 1.11. The molecule has 2 nitrogen and oxygen atoms in total. The van der Waals surface area contributed by atoms with Gasteiger partial charge in [-0.1, -0.05) is 24.3 Å². The Labute approximate surface area is 89.4 Å². The van der Waals surface area contributed by atoms with Gasteiger partial charge in [-0.15, -0.1) is 0 Å². The topological polar surface area (TPSA) is 8.17 Å². The van der Waals surface area contributed by atoms with Crippen molar-refractivity contribution in [3.05, 3.63) is 48.8 Å². The highest BCUT2D eigenvalue weighted by molar-refractivity contribution is 5.80. The van der Waals surface area contributed by atoms with Crippen LogP contribution >= 0.6 is 0 Å². The van der Waals surface area contributed by atoms with Gasteiger partial charge in [-0.2, -0.15) is 0 Å². The third kappa shape index (κ3) is 1.42. The molecule has 0 aliphatic carbocycles. The summed E-state index contributed by atoms with van der Waals surface area (Å²) in [4.78, 5) is 0. The molecule has 2 aromatic rings. The van der Waals surface area contributed by atoms with Crippen LogP contribution in [0.5, 0.6) is 0 Å². The monoisotopic (exact) mass is 198 g/mol. The zero-order valence-electron chi connectivity index (χ0n) is 8.63. The molecule has 1 aliphatic heterocycles.